The first-order valence-electron chi connectivity index (χ1n) is 7.84. The molecule has 2 rings (SSSR count). The van der Waals surface area contributed by atoms with Gasteiger partial charge in [0.05, 0.1) is 11.0 Å². The van der Waals surface area contributed by atoms with Gasteiger partial charge in [-0.1, -0.05) is 53.7 Å². The van der Waals surface area contributed by atoms with Crippen molar-refractivity contribution in [3.05, 3.63) is 30.6 Å². The summed E-state index contributed by atoms with van der Waals surface area (Å²) < 4.78 is 1.99. The maximum atomic E-state index is 4.43. The van der Waals surface area contributed by atoms with Gasteiger partial charge in [-0.05, 0) is 28.8 Å². The molecule has 0 aliphatic carbocycles. The van der Waals surface area contributed by atoms with Gasteiger partial charge in [-0.25, -0.2) is 4.98 Å². The Morgan fingerprint density at radius 1 is 0.952 bits per heavy atom. The molecule has 0 unspecified atom stereocenters. The molecule has 3 heteroatoms. The van der Waals surface area contributed by atoms with Crippen molar-refractivity contribution in [1.82, 2.24) is 9.55 Å². The van der Waals surface area contributed by atoms with Crippen molar-refractivity contribution in [3.63, 3.8) is 0 Å². The van der Waals surface area contributed by atoms with Gasteiger partial charge in [-0.3, -0.25) is 4.57 Å². The third-order valence-corrected chi connectivity index (χ3v) is 11.0. The molecule has 0 radical (unpaired) electrons. The van der Waals surface area contributed by atoms with Crippen LogP contribution in [0.1, 0.15) is 41.5 Å². The van der Waals surface area contributed by atoms with E-state index >= 15 is 0 Å². The van der Waals surface area contributed by atoms with E-state index in [1.807, 2.05) is 29.1 Å². The normalized spacial score (nSPS) is 12.2. The molecular weight excluding hydrogens is 272 g/mol. The van der Waals surface area contributed by atoms with E-state index in [1.165, 1.54) is 0 Å². The lowest BCUT2D eigenvalue weighted by Crippen LogP contribution is -2.43. The number of aromatic nitrogens is 2. The number of hydrogen-bond donors (Lipinski definition) is 0. The van der Waals surface area contributed by atoms with Gasteiger partial charge in [0, 0.05) is 6.04 Å². The molecule has 0 N–H and O–H groups in total. The lowest BCUT2D eigenvalue weighted by molar-refractivity contribution is 0.838. The average molecular weight is 299 g/mol. The summed E-state index contributed by atoms with van der Waals surface area (Å²) in [5.41, 5.74) is 7.81. The van der Waals surface area contributed by atoms with Crippen molar-refractivity contribution in [2.45, 2.75) is 58.2 Å². The lowest BCUT2D eigenvalue weighted by atomic mass is 10.3. The molecule has 0 amide bonds. The monoisotopic (exact) mass is 298 g/mol. The van der Waals surface area contributed by atoms with E-state index in [4.69, 9.17) is 0 Å². The summed E-state index contributed by atoms with van der Waals surface area (Å²) in [6.45, 7) is 14.0. The molecule has 0 aliphatic rings. The zero-order chi connectivity index (χ0) is 15.6. The molecule has 0 fully saturated rings. The van der Waals surface area contributed by atoms with Crippen molar-refractivity contribution in [3.8, 4) is 11.6 Å². The van der Waals surface area contributed by atoms with E-state index in [2.05, 4.69) is 64.2 Å². The van der Waals surface area contributed by atoms with Crippen molar-refractivity contribution in [2.75, 3.05) is 0 Å². The predicted molar refractivity (Wildman–Crippen MR) is 94.0 cm³/mol. The predicted octanol–water partition coefficient (Wildman–Crippen LogP) is 5.06. The molecule has 0 aliphatic heterocycles. The van der Waals surface area contributed by atoms with Crippen LogP contribution in [-0.2, 0) is 0 Å². The fourth-order valence-electron chi connectivity index (χ4n) is 3.64. The van der Waals surface area contributed by atoms with Crippen LogP contribution in [0.4, 0.5) is 0 Å². The highest BCUT2D eigenvalue weighted by molar-refractivity contribution is 6.90. The molecule has 1 aromatic heterocycles. The number of fused-ring (bicyclic) bond motifs is 1. The van der Waals surface area contributed by atoms with E-state index in [0.29, 0.717) is 16.6 Å². The Bertz CT molecular complexity index is 649. The summed E-state index contributed by atoms with van der Waals surface area (Å²) in [4.78, 5) is 4.43. The van der Waals surface area contributed by atoms with E-state index in [9.17, 15) is 0 Å². The minimum Gasteiger partial charge on any atom is -0.258 e. The number of nitrogens with zero attached hydrogens (tertiary/aromatic N) is 2. The molecule has 21 heavy (non-hydrogen) atoms. The Labute approximate surface area is 129 Å². The van der Waals surface area contributed by atoms with Gasteiger partial charge in [0.1, 0.15) is 14.4 Å². The summed E-state index contributed by atoms with van der Waals surface area (Å²) in [6, 6.07) is 11.6. The fourth-order valence-corrected chi connectivity index (χ4v) is 8.82. The van der Waals surface area contributed by atoms with Gasteiger partial charge < -0.3 is 0 Å². The van der Waals surface area contributed by atoms with Crippen molar-refractivity contribution < 1.29 is 0 Å². The highest BCUT2D eigenvalue weighted by Crippen LogP contribution is 2.40. The Morgan fingerprint density at radius 3 is 2.10 bits per heavy atom. The summed E-state index contributed by atoms with van der Waals surface area (Å²) in [5.74, 6) is 0. The molecule has 112 valence electrons. The molecule has 0 saturated carbocycles. The number of para-hydroxylation sites is 2. The van der Waals surface area contributed by atoms with Crippen LogP contribution in [0.25, 0.3) is 11.0 Å². The first-order valence-corrected chi connectivity index (χ1v) is 10.1. The van der Waals surface area contributed by atoms with Crippen LogP contribution >= 0.6 is 0 Å². The van der Waals surface area contributed by atoms with Crippen LogP contribution in [0, 0.1) is 11.6 Å². The minimum absolute atomic E-state index is 0.653. The number of benzene rings is 1. The summed E-state index contributed by atoms with van der Waals surface area (Å²) in [5, 5.41) is 0. The highest BCUT2D eigenvalue weighted by atomic mass is 28.3. The molecule has 1 heterocycles. The maximum Gasteiger partial charge on any atom is 0.148 e. The van der Waals surface area contributed by atoms with Crippen molar-refractivity contribution in [1.29, 1.82) is 0 Å². The standard InChI is InChI=1S/C18H26N2Si/c1-14(2)21(15(3)4,16(5)6)12-11-20-13-19-17-9-7-8-10-18(17)20/h7-10,13-16H,1-6H3. The summed E-state index contributed by atoms with van der Waals surface area (Å²) >= 11 is 0. The second kappa shape index (κ2) is 6.07. The molecule has 0 atom stereocenters. The van der Waals surface area contributed by atoms with E-state index in [1.54, 1.807) is 0 Å². The number of rotatable bonds is 3. The Morgan fingerprint density at radius 2 is 1.52 bits per heavy atom. The molecule has 0 bridgehead atoms. The Hall–Kier alpha value is -1.53. The smallest absolute Gasteiger partial charge is 0.148 e. The first kappa shape index (κ1) is 15.8. The SMILES string of the molecule is CC(C)[Si](C#Cn1cnc2ccccc21)(C(C)C)C(C)C. The van der Waals surface area contributed by atoms with Crippen LogP contribution in [0.5, 0.6) is 0 Å². The van der Waals surface area contributed by atoms with Crippen LogP contribution < -0.4 is 0 Å². The van der Waals surface area contributed by atoms with Gasteiger partial charge >= 0.3 is 0 Å². The van der Waals surface area contributed by atoms with Crippen LogP contribution in [0.2, 0.25) is 16.6 Å². The van der Waals surface area contributed by atoms with Gasteiger partial charge in [0.2, 0.25) is 0 Å². The van der Waals surface area contributed by atoms with Gasteiger partial charge in [-0.15, -0.1) is 5.54 Å². The van der Waals surface area contributed by atoms with Gasteiger partial charge in [0.15, 0.2) is 0 Å². The molecule has 2 aromatic rings. The molecule has 0 spiro atoms. The Kier molecular flexibility index (Phi) is 4.58. The average Bonchev–Trinajstić information content (AvgIpc) is 2.82. The fraction of sp³-hybridized carbons (Fsp3) is 0.500. The Balaban J connectivity index is 2.52. The first-order chi connectivity index (χ1) is 9.89. The minimum atomic E-state index is -1.68. The maximum absolute atomic E-state index is 4.43. The van der Waals surface area contributed by atoms with E-state index in [-0.39, 0.29) is 0 Å². The van der Waals surface area contributed by atoms with Crippen LogP contribution in [-0.4, -0.2) is 17.6 Å². The van der Waals surface area contributed by atoms with Crippen LogP contribution in [0.15, 0.2) is 30.6 Å². The molecule has 2 nitrogen and oxygen atoms in total. The van der Waals surface area contributed by atoms with E-state index in [0.717, 1.165) is 11.0 Å². The van der Waals surface area contributed by atoms with E-state index < -0.39 is 8.07 Å². The van der Waals surface area contributed by atoms with Crippen LogP contribution in [0.3, 0.4) is 0 Å². The zero-order valence-electron chi connectivity index (χ0n) is 14.0. The molecular formula is C18H26N2Si. The van der Waals surface area contributed by atoms with Crippen molar-refractivity contribution in [2.24, 2.45) is 0 Å². The van der Waals surface area contributed by atoms with Crippen molar-refractivity contribution >= 4 is 19.1 Å². The topological polar surface area (TPSA) is 17.8 Å². The third-order valence-electron chi connectivity index (χ3n) is 4.71. The lowest BCUT2D eigenvalue weighted by Gasteiger charge is -2.37. The molecule has 1 aromatic carbocycles. The quantitative estimate of drug-likeness (QED) is 0.572. The zero-order valence-corrected chi connectivity index (χ0v) is 15.0. The second-order valence-corrected chi connectivity index (χ2v) is 12.3. The van der Waals surface area contributed by atoms with Gasteiger partial charge in [0.25, 0.3) is 0 Å². The largest absolute Gasteiger partial charge is 0.258 e. The third kappa shape index (κ3) is 2.78. The highest BCUT2D eigenvalue weighted by Gasteiger charge is 2.41. The second-order valence-electron chi connectivity index (χ2n) is 6.74. The molecule has 0 saturated heterocycles. The summed E-state index contributed by atoms with van der Waals surface area (Å²) in [6.07, 6.45) is 1.85. The summed E-state index contributed by atoms with van der Waals surface area (Å²) in [7, 11) is -1.68. The number of imidazole rings is 1. The number of hydrogen-bond acceptors (Lipinski definition) is 1. The van der Waals surface area contributed by atoms with Gasteiger partial charge in [-0.2, -0.15) is 0 Å².